The van der Waals surface area contributed by atoms with Crippen LogP contribution in [0.5, 0.6) is 0 Å². The number of fused-ring (bicyclic) bond motifs is 3. The predicted octanol–water partition coefficient (Wildman–Crippen LogP) is 1.12. The second-order valence-corrected chi connectivity index (χ2v) is 5.98. The quantitative estimate of drug-likeness (QED) is 0.860. The van der Waals surface area contributed by atoms with Gasteiger partial charge in [0.2, 0.25) is 0 Å². The lowest BCUT2D eigenvalue weighted by atomic mass is 10.0. The first-order chi connectivity index (χ1) is 9.70. The van der Waals surface area contributed by atoms with Crippen molar-refractivity contribution in [3.63, 3.8) is 0 Å². The fourth-order valence-corrected chi connectivity index (χ4v) is 3.51. The third-order valence-corrected chi connectivity index (χ3v) is 4.67. The van der Waals surface area contributed by atoms with Crippen molar-refractivity contribution in [2.75, 3.05) is 6.54 Å². The maximum atomic E-state index is 12.3. The van der Waals surface area contributed by atoms with Crippen LogP contribution in [-0.4, -0.2) is 33.9 Å². The van der Waals surface area contributed by atoms with Crippen LogP contribution in [0.15, 0.2) is 24.7 Å². The number of hydrogen-bond acceptors (Lipinski definition) is 3. The van der Waals surface area contributed by atoms with Gasteiger partial charge in [0, 0.05) is 31.0 Å². The molecule has 0 aromatic carbocycles. The SMILES string of the molecule is Cc1ccn2cc(C(=O)NC3CC4CC3CN4)ncc12. The van der Waals surface area contributed by atoms with E-state index < -0.39 is 0 Å². The van der Waals surface area contributed by atoms with Crippen molar-refractivity contribution in [3.05, 3.63) is 35.9 Å². The summed E-state index contributed by atoms with van der Waals surface area (Å²) in [7, 11) is 0. The number of aromatic nitrogens is 2. The Labute approximate surface area is 117 Å². The fraction of sp³-hybridized carbons (Fsp3) is 0.467. The van der Waals surface area contributed by atoms with E-state index in [0.29, 0.717) is 23.7 Å². The van der Waals surface area contributed by atoms with Crippen molar-refractivity contribution in [2.45, 2.75) is 31.8 Å². The lowest BCUT2D eigenvalue weighted by Crippen LogP contribution is -2.44. The summed E-state index contributed by atoms with van der Waals surface area (Å²) in [4.78, 5) is 16.6. The fourth-order valence-electron chi connectivity index (χ4n) is 3.51. The normalized spacial score (nSPS) is 28.1. The smallest absolute Gasteiger partial charge is 0.271 e. The molecule has 1 saturated heterocycles. The van der Waals surface area contributed by atoms with Gasteiger partial charge in [0.1, 0.15) is 5.69 Å². The highest BCUT2D eigenvalue weighted by molar-refractivity contribution is 5.92. The molecule has 3 unspecified atom stereocenters. The molecule has 1 aliphatic heterocycles. The third-order valence-electron chi connectivity index (χ3n) is 4.67. The van der Waals surface area contributed by atoms with Crippen molar-refractivity contribution in [3.8, 4) is 0 Å². The van der Waals surface area contributed by atoms with E-state index in [1.807, 2.05) is 29.8 Å². The Kier molecular flexibility index (Phi) is 2.57. The van der Waals surface area contributed by atoms with E-state index in [-0.39, 0.29) is 5.91 Å². The number of hydrogen-bond donors (Lipinski definition) is 2. The summed E-state index contributed by atoms with van der Waals surface area (Å²) >= 11 is 0. The molecular formula is C15H18N4O. The van der Waals surface area contributed by atoms with Crippen LogP contribution in [0.1, 0.15) is 28.9 Å². The maximum absolute atomic E-state index is 12.3. The van der Waals surface area contributed by atoms with Crippen LogP contribution in [-0.2, 0) is 0 Å². The molecule has 1 amide bonds. The number of carbonyl (C=O) groups excluding carboxylic acids is 1. The molecule has 20 heavy (non-hydrogen) atoms. The van der Waals surface area contributed by atoms with E-state index in [4.69, 9.17) is 0 Å². The summed E-state index contributed by atoms with van der Waals surface area (Å²) < 4.78 is 1.96. The van der Waals surface area contributed by atoms with E-state index in [1.165, 1.54) is 12.0 Å². The zero-order valence-corrected chi connectivity index (χ0v) is 11.5. The minimum absolute atomic E-state index is 0.0594. The molecule has 1 saturated carbocycles. The highest BCUT2D eigenvalue weighted by atomic mass is 16.2. The molecule has 2 aromatic rings. The Morgan fingerprint density at radius 1 is 1.50 bits per heavy atom. The monoisotopic (exact) mass is 270 g/mol. The van der Waals surface area contributed by atoms with Gasteiger partial charge >= 0.3 is 0 Å². The van der Waals surface area contributed by atoms with Crippen molar-refractivity contribution in [1.82, 2.24) is 20.0 Å². The Morgan fingerprint density at radius 3 is 3.15 bits per heavy atom. The zero-order chi connectivity index (χ0) is 13.7. The van der Waals surface area contributed by atoms with Crippen LogP contribution in [0, 0.1) is 12.8 Å². The van der Waals surface area contributed by atoms with E-state index in [9.17, 15) is 4.79 Å². The number of piperidine rings is 1. The van der Waals surface area contributed by atoms with Gasteiger partial charge in [0.25, 0.3) is 5.91 Å². The first-order valence-corrected chi connectivity index (χ1v) is 7.18. The molecule has 1 aliphatic carbocycles. The summed E-state index contributed by atoms with van der Waals surface area (Å²) in [5.41, 5.74) is 2.71. The van der Waals surface area contributed by atoms with Gasteiger partial charge in [-0.1, -0.05) is 0 Å². The molecule has 0 spiro atoms. The van der Waals surface area contributed by atoms with Crippen LogP contribution in [0.3, 0.4) is 0 Å². The zero-order valence-electron chi connectivity index (χ0n) is 11.5. The van der Waals surface area contributed by atoms with Gasteiger partial charge in [-0.2, -0.15) is 0 Å². The number of nitrogens with zero attached hydrogens (tertiary/aromatic N) is 2. The lowest BCUT2D eigenvalue weighted by molar-refractivity contribution is 0.0919. The molecule has 104 valence electrons. The van der Waals surface area contributed by atoms with Gasteiger partial charge in [-0.15, -0.1) is 0 Å². The Bertz CT molecular complexity index is 678. The van der Waals surface area contributed by atoms with Gasteiger partial charge in [0.05, 0.1) is 11.7 Å². The van der Waals surface area contributed by atoms with E-state index in [2.05, 4.69) is 15.6 Å². The standard InChI is InChI=1S/C15H18N4O/c1-9-2-3-19-8-13(17-7-14(9)19)15(20)18-12-5-11-4-10(12)6-16-11/h2-3,7-8,10-12,16H,4-6H2,1H3,(H,18,20). The second kappa shape index (κ2) is 4.31. The first kappa shape index (κ1) is 11.9. The van der Waals surface area contributed by atoms with Crippen LogP contribution >= 0.6 is 0 Å². The summed E-state index contributed by atoms with van der Waals surface area (Å²) in [6.07, 6.45) is 7.77. The summed E-state index contributed by atoms with van der Waals surface area (Å²) in [6.45, 7) is 3.07. The molecule has 2 aliphatic rings. The maximum Gasteiger partial charge on any atom is 0.271 e. The summed E-state index contributed by atoms with van der Waals surface area (Å²) in [5.74, 6) is 0.525. The van der Waals surface area contributed by atoms with E-state index in [0.717, 1.165) is 18.5 Å². The number of aryl methyl sites for hydroxylation is 1. The molecule has 3 heterocycles. The molecule has 5 nitrogen and oxygen atoms in total. The van der Waals surface area contributed by atoms with E-state index >= 15 is 0 Å². The van der Waals surface area contributed by atoms with Crippen LogP contribution in [0.25, 0.3) is 5.52 Å². The first-order valence-electron chi connectivity index (χ1n) is 7.18. The number of amides is 1. The average molecular weight is 270 g/mol. The van der Waals surface area contributed by atoms with Gasteiger partial charge in [-0.25, -0.2) is 4.98 Å². The van der Waals surface area contributed by atoms with Gasteiger partial charge in [-0.05, 0) is 37.3 Å². The molecule has 0 radical (unpaired) electrons. The molecule has 5 heteroatoms. The van der Waals surface area contributed by atoms with Gasteiger partial charge in [-0.3, -0.25) is 4.79 Å². The lowest BCUT2D eigenvalue weighted by Gasteiger charge is -2.23. The van der Waals surface area contributed by atoms with Crippen molar-refractivity contribution in [1.29, 1.82) is 0 Å². The Morgan fingerprint density at radius 2 is 2.40 bits per heavy atom. The minimum atomic E-state index is -0.0594. The summed E-state index contributed by atoms with van der Waals surface area (Å²) in [6, 6.07) is 2.92. The Hall–Kier alpha value is -1.88. The highest BCUT2D eigenvalue weighted by Crippen LogP contribution is 2.31. The number of rotatable bonds is 2. The van der Waals surface area contributed by atoms with Crippen molar-refractivity contribution < 1.29 is 4.79 Å². The minimum Gasteiger partial charge on any atom is -0.348 e. The van der Waals surface area contributed by atoms with Crippen LogP contribution in [0.4, 0.5) is 0 Å². The molecule has 2 aromatic heterocycles. The van der Waals surface area contributed by atoms with E-state index in [1.54, 1.807) is 6.20 Å². The number of carbonyl (C=O) groups is 1. The van der Waals surface area contributed by atoms with Crippen molar-refractivity contribution >= 4 is 11.4 Å². The Balaban J connectivity index is 1.54. The van der Waals surface area contributed by atoms with Crippen LogP contribution in [0.2, 0.25) is 0 Å². The predicted molar refractivity (Wildman–Crippen MR) is 75.7 cm³/mol. The van der Waals surface area contributed by atoms with Crippen molar-refractivity contribution in [2.24, 2.45) is 5.92 Å². The topological polar surface area (TPSA) is 58.4 Å². The molecular weight excluding hydrogens is 252 g/mol. The second-order valence-electron chi connectivity index (χ2n) is 5.98. The average Bonchev–Trinajstić information content (AvgIpc) is 3.14. The van der Waals surface area contributed by atoms with Crippen LogP contribution < -0.4 is 10.6 Å². The molecule has 2 bridgehead atoms. The number of nitrogens with one attached hydrogen (secondary N) is 2. The molecule has 3 atom stereocenters. The highest BCUT2D eigenvalue weighted by Gasteiger charge is 2.40. The molecule has 2 fully saturated rings. The molecule has 2 N–H and O–H groups in total. The van der Waals surface area contributed by atoms with Gasteiger partial charge < -0.3 is 15.0 Å². The van der Waals surface area contributed by atoms with Gasteiger partial charge in [0.15, 0.2) is 0 Å². The largest absolute Gasteiger partial charge is 0.348 e. The molecule has 4 rings (SSSR count). The third kappa shape index (κ3) is 1.81. The summed E-state index contributed by atoms with van der Waals surface area (Å²) in [5, 5.41) is 6.60.